The highest BCUT2D eigenvalue weighted by atomic mass is 16.5. The predicted molar refractivity (Wildman–Crippen MR) is 104 cm³/mol. The Morgan fingerprint density at radius 2 is 1.89 bits per heavy atom. The molecule has 1 aromatic carbocycles. The van der Waals surface area contributed by atoms with Gasteiger partial charge in [0.2, 0.25) is 0 Å². The number of aromatic nitrogens is 2. The van der Waals surface area contributed by atoms with Gasteiger partial charge in [-0.3, -0.25) is 4.79 Å². The molecule has 0 aliphatic carbocycles. The molecule has 4 rings (SSSR count). The van der Waals surface area contributed by atoms with Crippen molar-refractivity contribution in [1.82, 2.24) is 15.1 Å². The molecule has 0 bridgehead atoms. The summed E-state index contributed by atoms with van der Waals surface area (Å²) in [4.78, 5) is 16.8. The van der Waals surface area contributed by atoms with Crippen LogP contribution in [0.3, 0.4) is 0 Å². The molecule has 0 spiro atoms. The number of benzene rings is 1. The molecule has 1 aromatic heterocycles. The molecule has 7 nitrogen and oxygen atoms in total. The first kappa shape index (κ1) is 17.7. The molecule has 1 N–H and O–H groups in total. The number of amides is 1. The third-order valence-corrected chi connectivity index (χ3v) is 5.11. The summed E-state index contributed by atoms with van der Waals surface area (Å²) >= 11 is 0. The van der Waals surface area contributed by atoms with Crippen LogP contribution in [-0.4, -0.2) is 66.4 Å². The molecular formula is C20H25N5O2. The fourth-order valence-corrected chi connectivity index (χ4v) is 3.53. The number of rotatable bonds is 5. The molecule has 3 heterocycles. The van der Waals surface area contributed by atoms with E-state index >= 15 is 0 Å². The maximum atomic E-state index is 12.7. The molecule has 1 unspecified atom stereocenters. The first-order valence-corrected chi connectivity index (χ1v) is 9.58. The average molecular weight is 367 g/mol. The van der Waals surface area contributed by atoms with Gasteiger partial charge in [-0.1, -0.05) is 18.2 Å². The highest BCUT2D eigenvalue weighted by Crippen LogP contribution is 2.17. The highest BCUT2D eigenvalue weighted by Gasteiger charge is 2.23. The first-order valence-electron chi connectivity index (χ1n) is 9.58. The molecule has 142 valence electrons. The van der Waals surface area contributed by atoms with Crippen molar-refractivity contribution in [1.29, 1.82) is 0 Å². The number of carbonyl (C=O) groups is 1. The lowest BCUT2D eigenvalue weighted by Crippen LogP contribution is -2.49. The van der Waals surface area contributed by atoms with Crippen LogP contribution < -0.4 is 10.2 Å². The second-order valence-corrected chi connectivity index (χ2v) is 6.93. The van der Waals surface area contributed by atoms with Gasteiger partial charge in [-0.25, -0.2) is 0 Å². The average Bonchev–Trinajstić information content (AvgIpc) is 3.27. The van der Waals surface area contributed by atoms with Crippen LogP contribution in [0, 0.1) is 0 Å². The minimum absolute atomic E-state index is 0.0547. The van der Waals surface area contributed by atoms with Gasteiger partial charge in [0.15, 0.2) is 5.69 Å². The SMILES string of the molecule is O=C(c1ccc(NCC2CCCO2)nn1)N1CCN(c2ccccc2)CC1. The highest BCUT2D eigenvalue weighted by molar-refractivity contribution is 5.92. The Morgan fingerprint density at radius 3 is 2.56 bits per heavy atom. The Hall–Kier alpha value is -2.67. The van der Waals surface area contributed by atoms with Crippen molar-refractivity contribution in [2.75, 3.05) is 49.5 Å². The van der Waals surface area contributed by atoms with Crippen molar-refractivity contribution >= 4 is 17.4 Å². The minimum atomic E-state index is -0.0547. The molecule has 2 aliphatic rings. The monoisotopic (exact) mass is 367 g/mol. The molecule has 2 aliphatic heterocycles. The van der Waals surface area contributed by atoms with Crippen molar-refractivity contribution in [3.05, 3.63) is 48.2 Å². The number of carbonyl (C=O) groups excluding carboxylic acids is 1. The van der Waals surface area contributed by atoms with E-state index in [9.17, 15) is 4.79 Å². The van der Waals surface area contributed by atoms with Gasteiger partial charge < -0.3 is 19.9 Å². The molecule has 0 radical (unpaired) electrons. The van der Waals surface area contributed by atoms with Gasteiger partial charge in [-0.15, -0.1) is 10.2 Å². The van der Waals surface area contributed by atoms with Gasteiger partial charge in [0, 0.05) is 45.0 Å². The van der Waals surface area contributed by atoms with Gasteiger partial charge in [0.1, 0.15) is 5.82 Å². The molecule has 2 fully saturated rings. The first-order chi connectivity index (χ1) is 13.3. The van der Waals surface area contributed by atoms with E-state index in [1.165, 1.54) is 5.69 Å². The van der Waals surface area contributed by atoms with Crippen LogP contribution in [0.1, 0.15) is 23.3 Å². The second-order valence-electron chi connectivity index (χ2n) is 6.93. The summed E-state index contributed by atoms with van der Waals surface area (Å²) in [5.74, 6) is 0.622. The van der Waals surface area contributed by atoms with E-state index < -0.39 is 0 Å². The Labute approximate surface area is 159 Å². The minimum Gasteiger partial charge on any atom is -0.376 e. The second kappa shape index (κ2) is 8.35. The van der Waals surface area contributed by atoms with Gasteiger partial charge in [0.05, 0.1) is 6.10 Å². The topological polar surface area (TPSA) is 70.6 Å². The molecule has 1 amide bonds. The van der Waals surface area contributed by atoms with Crippen molar-refractivity contribution in [2.24, 2.45) is 0 Å². The van der Waals surface area contributed by atoms with Gasteiger partial charge >= 0.3 is 0 Å². The van der Waals surface area contributed by atoms with Crippen molar-refractivity contribution in [3.8, 4) is 0 Å². The van der Waals surface area contributed by atoms with E-state index in [4.69, 9.17) is 4.74 Å². The molecule has 27 heavy (non-hydrogen) atoms. The van der Waals surface area contributed by atoms with Crippen LogP contribution in [0.2, 0.25) is 0 Å². The number of anilines is 2. The van der Waals surface area contributed by atoms with Crippen LogP contribution >= 0.6 is 0 Å². The van der Waals surface area contributed by atoms with Gasteiger partial charge in [0.25, 0.3) is 5.91 Å². The Balaban J connectivity index is 1.29. The van der Waals surface area contributed by atoms with Gasteiger partial charge in [-0.05, 0) is 37.1 Å². The quantitative estimate of drug-likeness (QED) is 0.872. The van der Waals surface area contributed by atoms with Crippen molar-refractivity contribution in [3.63, 3.8) is 0 Å². The van der Waals surface area contributed by atoms with E-state index in [-0.39, 0.29) is 12.0 Å². The summed E-state index contributed by atoms with van der Waals surface area (Å²) in [5, 5.41) is 11.5. The number of hydrogen-bond acceptors (Lipinski definition) is 6. The Kier molecular flexibility index (Phi) is 5.48. The molecular weight excluding hydrogens is 342 g/mol. The van der Waals surface area contributed by atoms with E-state index in [0.29, 0.717) is 24.6 Å². The summed E-state index contributed by atoms with van der Waals surface area (Å²) in [6.07, 6.45) is 2.43. The van der Waals surface area contributed by atoms with E-state index in [2.05, 4.69) is 32.5 Å². The summed E-state index contributed by atoms with van der Waals surface area (Å²) in [7, 11) is 0. The fraction of sp³-hybridized carbons (Fsp3) is 0.450. The standard InChI is InChI=1S/C20H25N5O2/c26-20(25-12-10-24(11-13-25)16-5-2-1-3-6-16)18-8-9-19(23-22-18)21-15-17-7-4-14-27-17/h1-3,5-6,8-9,17H,4,7,10-15H2,(H,21,23). The largest absolute Gasteiger partial charge is 0.376 e. The van der Waals surface area contributed by atoms with Crippen LogP contribution in [0.4, 0.5) is 11.5 Å². The van der Waals surface area contributed by atoms with Crippen LogP contribution in [0.25, 0.3) is 0 Å². The number of hydrogen-bond donors (Lipinski definition) is 1. The number of para-hydroxylation sites is 1. The number of nitrogens with zero attached hydrogens (tertiary/aromatic N) is 4. The van der Waals surface area contributed by atoms with Crippen LogP contribution in [-0.2, 0) is 4.74 Å². The maximum Gasteiger partial charge on any atom is 0.274 e. The fourth-order valence-electron chi connectivity index (χ4n) is 3.53. The van der Waals surface area contributed by atoms with Crippen molar-refractivity contribution < 1.29 is 9.53 Å². The zero-order valence-corrected chi connectivity index (χ0v) is 15.4. The zero-order chi connectivity index (χ0) is 18.5. The van der Waals surface area contributed by atoms with E-state index in [0.717, 1.165) is 39.1 Å². The number of nitrogens with one attached hydrogen (secondary N) is 1. The predicted octanol–water partition coefficient (Wildman–Crippen LogP) is 2.03. The third kappa shape index (κ3) is 4.36. The summed E-state index contributed by atoms with van der Waals surface area (Å²) < 4.78 is 5.58. The molecule has 2 saturated heterocycles. The number of ether oxygens (including phenoxy) is 1. The zero-order valence-electron chi connectivity index (χ0n) is 15.4. The molecule has 7 heteroatoms. The lowest BCUT2D eigenvalue weighted by Gasteiger charge is -2.35. The van der Waals surface area contributed by atoms with E-state index in [1.54, 1.807) is 6.07 Å². The third-order valence-electron chi connectivity index (χ3n) is 5.11. The summed E-state index contributed by atoms with van der Waals surface area (Å²) in [6, 6.07) is 13.9. The number of piperazine rings is 1. The molecule has 1 atom stereocenters. The van der Waals surface area contributed by atoms with Crippen LogP contribution in [0.5, 0.6) is 0 Å². The summed E-state index contributed by atoms with van der Waals surface area (Å²) in [5.41, 5.74) is 1.59. The Bertz CT molecular complexity index is 739. The maximum absolute atomic E-state index is 12.7. The smallest absolute Gasteiger partial charge is 0.274 e. The normalized spacial score (nSPS) is 19.9. The van der Waals surface area contributed by atoms with Crippen LogP contribution in [0.15, 0.2) is 42.5 Å². The Morgan fingerprint density at radius 1 is 1.07 bits per heavy atom. The lowest BCUT2D eigenvalue weighted by atomic mass is 10.2. The summed E-state index contributed by atoms with van der Waals surface area (Å²) in [6.45, 7) is 4.59. The molecule has 0 saturated carbocycles. The van der Waals surface area contributed by atoms with E-state index in [1.807, 2.05) is 29.2 Å². The van der Waals surface area contributed by atoms with Gasteiger partial charge in [-0.2, -0.15) is 0 Å². The lowest BCUT2D eigenvalue weighted by molar-refractivity contribution is 0.0739. The van der Waals surface area contributed by atoms with Crippen molar-refractivity contribution in [2.45, 2.75) is 18.9 Å². The molecule has 2 aromatic rings.